The normalized spacial score (nSPS) is 21.0. The first kappa shape index (κ1) is 26.5. The zero-order valence-electron chi connectivity index (χ0n) is 19.7. The van der Waals surface area contributed by atoms with Gasteiger partial charge in [0.25, 0.3) is 17.7 Å². The highest BCUT2D eigenvalue weighted by Crippen LogP contribution is 2.38. The molecule has 9 nitrogen and oxygen atoms in total. The van der Waals surface area contributed by atoms with Gasteiger partial charge in [-0.25, -0.2) is 0 Å². The molecule has 2 aliphatic rings. The van der Waals surface area contributed by atoms with Crippen molar-refractivity contribution >= 4 is 23.6 Å². The van der Waals surface area contributed by atoms with Crippen LogP contribution in [-0.2, 0) is 9.59 Å². The number of nitrogens with one attached hydrogen (secondary N) is 3. The number of halogens is 3. The van der Waals surface area contributed by atoms with E-state index in [1.807, 2.05) is 13.8 Å². The first-order valence-electron chi connectivity index (χ1n) is 11.3. The van der Waals surface area contributed by atoms with Crippen LogP contribution < -0.4 is 16.0 Å². The van der Waals surface area contributed by atoms with E-state index < -0.39 is 41.5 Å². The van der Waals surface area contributed by atoms with Crippen molar-refractivity contribution in [2.45, 2.75) is 50.9 Å². The lowest BCUT2D eigenvalue weighted by atomic mass is 9.85. The van der Waals surface area contributed by atoms with Crippen LogP contribution in [0.2, 0.25) is 0 Å². The quantitative estimate of drug-likeness (QED) is 0.445. The summed E-state index contributed by atoms with van der Waals surface area (Å²) in [6, 6.07) is 3.71. The molecule has 3 rings (SSSR count). The molecule has 0 saturated carbocycles. The number of fused-ring (bicyclic) bond motifs is 3. The highest BCUT2D eigenvalue weighted by atomic mass is 19.4. The molecule has 3 atom stereocenters. The van der Waals surface area contributed by atoms with Crippen LogP contribution in [0.15, 0.2) is 18.2 Å². The third-order valence-electron chi connectivity index (χ3n) is 6.19. The summed E-state index contributed by atoms with van der Waals surface area (Å²) in [7, 11) is 0. The van der Waals surface area contributed by atoms with Crippen LogP contribution in [0.3, 0.4) is 0 Å². The van der Waals surface area contributed by atoms with Crippen LogP contribution in [0, 0.1) is 5.92 Å². The van der Waals surface area contributed by atoms with E-state index in [-0.39, 0.29) is 43.1 Å². The van der Waals surface area contributed by atoms with Gasteiger partial charge in [-0.1, -0.05) is 13.8 Å². The lowest BCUT2D eigenvalue weighted by molar-refractivity contribution is -0.249. The summed E-state index contributed by atoms with van der Waals surface area (Å²) >= 11 is 0. The summed E-state index contributed by atoms with van der Waals surface area (Å²) in [6.45, 7) is 4.58. The van der Waals surface area contributed by atoms with Crippen molar-refractivity contribution in [1.82, 2.24) is 20.9 Å². The summed E-state index contributed by atoms with van der Waals surface area (Å²) in [4.78, 5) is 50.2. The maximum absolute atomic E-state index is 13.1. The summed E-state index contributed by atoms with van der Waals surface area (Å²) in [5.74, 6) is -2.89. The molecule has 0 aliphatic carbocycles. The Morgan fingerprint density at radius 2 is 1.89 bits per heavy atom. The number of rotatable bonds is 7. The topological polar surface area (TPSA) is 128 Å². The minimum atomic E-state index is -5.16. The van der Waals surface area contributed by atoms with Crippen molar-refractivity contribution < 1.29 is 37.5 Å². The highest BCUT2D eigenvalue weighted by Gasteiger charge is 2.58. The van der Waals surface area contributed by atoms with Crippen molar-refractivity contribution in [3.63, 3.8) is 0 Å². The van der Waals surface area contributed by atoms with Crippen LogP contribution in [0.4, 0.5) is 13.2 Å². The second-order valence-corrected chi connectivity index (χ2v) is 9.47. The van der Waals surface area contributed by atoms with E-state index in [1.54, 1.807) is 0 Å². The first-order chi connectivity index (χ1) is 16.2. The lowest BCUT2D eigenvalue weighted by Gasteiger charge is -2.29. The molecule has 2 heterocycles. The van der Waals surface area contributed by atoms with Gasteiger partial charge in [0, 0.05) is 49.6 Å². The van der Waals surface area contributed by atoms with E-state index in [9.17, 15) is 37.5 Å². The average Bonchev–Trinajstić information content (AvgIpc) is 3.20. The lowest BCUT2D eigenvalue weighted by Crippen LogP contribution is -2.56. The molecular formula is C23H29F3N4O5. The first-order valence-corrected chi connectivity index (χ1v) is 11.3. The SMILES string of the molecule is CC(C)CNC(=O)CCNC(=O)c1ccc2c(c1)C1CN(C(=O)C(C)(O)C(F)(F)F)CC1NC2=O. The van der Waals surface area contributed by atoms with Gasteiger partial charge < -0.3 is 26.0 Å². The molecule has 0 spiro atoms. The molecule has 4 amide bonds. The van der Waals surface area contributed by atoms with Gasteiger partial charge in [-0.05, 0) is 36.6 Å². The van der Waals surface area contributed by atoms with Gasteiger partial charge in [0.1, 0.15) is 0 Å². The standard InChI is InChI=1S/C23H29F3N4O5/c1-12(2)9-28-18(31)6-7-27-19(32)13-4-5-14-15(8-13)16-10-30(11-17(16)29-20(14)33)21(34)22(3,35)23(24,25)26/h4-5,8,12,16-17,35H,6-7,9-11H2,1-3H3,(H,27,32)(H,28,31)(H,29,33). The third kappa shape index (κ3) is 5.58. The fraction of sp³-hybridized carbons (Fsp3) is 0.565. The van der Waals surface area contributed by atoms with Gasteiger partial charge in [-0.2, -0.15) is 13.2 Å². The molecule has 0 bridgehead atoms. The number of aliphatic hydroxyl groups is 1. The Kier molecular flexibility index (Phi) is 7.44. The van der Waals surface area contributed by atoms with Gasteiger partial charge in [0.05, 0.1) is 6.04 Å². The van der Waals surface area contributed by atoms with Gasteiger partial charge in [-0.3, -0.25) is 19.2 Å². The molecular weight excluding hydrogens is 469 g/mol. The monoisotopic (exact) mass is 498 g/mol. The Morgan fingerprint density at radius 1 is 1.20 bits per heavy atom. The van der Waals surface area contributed by atoms with Gasteiger partial charge in [0.15, 0.2) is 0 Å². The van der Waals surface area contributed by atoms with E-state index >= 15 is 0 Å². The molecule has 4 N–H and O–H groups in total. The molecule has 2 aliphatic heterocycles. The Labute approximate surface area is 200 Å². The number of alkyl halides is 3. The molecule has 1 saturated heterocycles. The summed E-state index contributed by atoms with van der Waals surface area (Å²) in [5, 5.41) is 17.8. The summed E-state index contributed by atoms with van der Waals surface area (Å²) < 4.78 is 39.4. The maximum atomic E-state index is 13.1. The number of hydrogen-bond acceptors (Lipinski definition) is 5. The van der Waals surface area contributed by atoms with E-state index in [0.29, 0.717) is 24.9 Å². The zero-order chi connectivity index (χ0) is 26.1. The van der Waals surface area contributed by atoms with E-state index in [0.717, 1.165) is 4.90 Å². The highest BCUT2D eigenvalue weighted by molar-refractivity contribution is 6.01. The molecule has 0 radical (unpaired) electrons. The Bertz CT molecular complexity index is 1020. The van der Waals surface area contributed by atoms with Gasteiger partial charge >= 0.3 is 6.18 Å². The number of carbonyl (C=O) groups excluding carboxylic acids is 4. The van der Waals surface area contributed by atoms with Crippen molar-refractivity contribution in [3.8, 4) is 0 Å². The van der Waals surface area contributed by atoms with Crippen LogP contribution >= 0.6 is 0 Å². The molecule has 35 heavy (non-hydrogen) atoms. The second kappa shape index (κ2) is 9.84. The number of carbonyl (C=O) groups is 4. The zero-order valence-corrected chi connectivity index (χ0v) is 19.7. The Hall–Kier alpha value is -3.15. The van der Waals surface area contributed by atoms with Gasteiger partial charge in [0.2, 0.25) is 11.5 Å². The molecule has 192 valence electrons. The van der Waals surface area contributed by atoms with Gasteiger partial charge in [-0.15, -0.1) is 0 Å². The van der Waals surface area contributed by atoms with Crippen LogP contribution in [-0.4, -0.2) is 77.6 Å². The number of amides is 4. The molecule has 1 aromatic rings. The molecule has 3 unspecified atom stereocenters. The Morgan fingerprint density at radius 3 is 2.51 bits per heavy atom. The molecule has 1 fully saturated rings. The summed E-state index contributed by atoms with van der Waals surface area (Å²) in [6.07, 6.45) is -5.07. The van der Waals surface area contributed by atoms with E-state index in [2.05, 4.69) is 16.0 Å². The van der Waals surface area contributed by atoms with Crippen LogP contribution in [0.5, 0.6) is 0 Å². The predicted octanol–water partition coefficient (Wildman–Crippen LogP) is 0.930. The van der Waals surface area contributed by atoms with Crippen molar-refractivity contribution in [2.24, 2.45) is 5.92 Å². The number of hydrogen-bond donors (Lipinski definition) is 4. The fourth-order valence-electron chi connectivity index (χ4n) is 4.12. The third-order valence-corrected chi connectivity index (χ3v) is 6.19. The minimum absolute atomic E-state index is 0.0900. The molecule has 12 heteroatoms. The van der Waals surface area contributed by atoms with E-state index in [1.165, 1.54) is 18.2 Å². The Balaban J connectivity index is 1.71. The average molecular weight is 499 g/mol. The molecule has 1 aromatic carbocycles. The smallest absolute Gasteiger partial charge is 0.373 e. The second-order valence-electron chi connectivity index (χ2n) is 9.47. The minimum Gasteiger partial charge on any atom is -0.373 e. The number of likely N-dealkylation sites (tertiary alicyclic amines) is 1. The van der Waals surface area contributed by atoms with E-state index in [4.69, 9.17) is 0 Å². The fourth-order valence-corrected chi connectivity index (χ4v) is 4.12. The summed E-state index contributed by atoms with van der Waals surface area (Å²) in [5.41, 5.74) is -2.65. The van der Waals surface area contributed by atoms with Crippen LogP contribution in [0.1, 0.15) is 59.4 Å². The van der Waals surface area contributed by atoms with Crippen LogP contribution in [0.25, 0.3) is 0 Å². The van der Waals surface area contributed by atoms with Crippen molar-refractivity contribution in [1.29, 1.82) is 0 Å². The van der Waals surface area contributed by atoms with Crippen molar-refractivity contribution in [2.75, 3.05) is 26.2 Å². The molecule has 0 aromatic heterocycles. The number of benzene rings is 1. The number of nitrogens with zero attached hydrogens (tertiary/aromatic N) is 1. The van der Waals surface area contributed by atoms with Crippen molar-refractivity contribution in [3.05, 3.63) is 34.9 Å². The maximum Gasteiger partial charge on any atom is 0.426 e. The predicted molar refractivity (Wildman–Crippen MR) is 118 cm³/mol. The largest absolute Gasteiger partial charge is 0.426 e.